The molecule has 1 aromatic rings. The highest BCUT2D eigenvalue weighted by Crippen LogP contribution is 2.50. The van der Waals surface area contributed by atoms with Crippen molar-refractivity contribution in [3.8, 4) is 11.5 Å². The number of hydrogen-bond donors (Lipinski definition) is 1. The van der Waals surface area contributed by atoms with Crippen LogP contribution in [0.2, 0.25) is 0 Å². The van der Waals surface area contributed by atoms with Crippen molar-refractivity contribution in [2.45, 2.75) is 80.1 Å². The van der Waals surface area contributed by atoms with Gasteiger partial charge in [0.25, 0.3) is 0 Å². The summed E-state index contributed by atoms with van der Waals surface area (Å²) in [5, 5.41) is 11.0. The van der Waals surface area contributed by atoms with Crippen LogP contribution in [0, 0.1) is 5.92 Å². The Balaban J connectivity index is 4.08. The van der Waals surface area contributed by atoms with E-state index in [4.69, 9.17) is 4.74 Å². The normalized spacial score (nSPS) is 11.9. The summed E-state index contributed by atoms with van der Waals surface area (Å²) in [7, 11) is 0. The van der Waals surface area contributed by atoms with E-state index in [0.717, 1.165) is 16.7 Å². The van der Waals surface area contributed by atoms with Crippen LogP contribution in [0.3, 0.4) is 0 Å². The number of aromatic hydroxyl groups is 1. The fourth-order valence-corrected chi connectivity index (χ4v) is 3.43. The van der Waals surface area contributed by atoms with Gasteiger partial charge in [0.1, 0.15) is 0 Å². The van der Waals surface area contributed by atoms with Gasteiger partial charge in [-0.05, 0) is 47.3 Å². The molecule has 0 spiro atoms. The van der Waals surface area contributed by atoms with Crippen LogP contribution in [-0.4, -0.2) is 11.7 Å². The van der Waals surface area contributed by atoms with Crippen LogP contribution < -0.4 is 4.74 Å². The van der Waals surface area contributed by atoms with Crippen LogP contribution in [-0.2, 0) is 0 Å². The predicted molar refractivity (Wildman–Crippen MR) is 105 cm³/mol. The standard InChI is InChI=1S/C22H36O2/c1-11-24-22-19(15(8)9)20(16(10)12(2)3)17(13(4)5)18(14(6)7)21(22)23/h12-15,23H,10-11H2,1-9H3. The first kappa shape index (κ1) is 20.6. The lowest BCUT2D eigenvalue weighted by Gasteiger charge is -2.30. The van der Waals surface area contributed by atoms with Crippen LogP contribution >= 0.6 is 0 Å². The number of benzene rings is 1. The Bertz CT molecular complexity index is 593. The fraction of sp³-hybridized carbons (Fsp3) is 0.636. The second-order valence-corrected chi connectivity index (χ2v) is 7.87. The number of ether oxygens (including phenoxy) is 1. The molecule has 2 heteroatoms. The first-order chi connectivity index (χ1) is 11.1. The van der Waals surface area contributed by atoms with E-state index in [1.54, 1.807) is 0 Å². The molecule has 1 rings (SSSR count). The molecule has 24 heavy (non-hydrogen) atoms. The second-order valence-electron chi connectivity index (χ2n) is 7.87. The van der Waals surface area contributed by atoms with E-state index >= 15 is 0 Å². The molecular formula is C22H36O2. The van der Waals surface area contributed by atoms with Gasteiger partial charge in [0.2, 0.25) is 0 Å². The molecule has 0 aromatic heterocycles. The molecule has 0 bridgehead atoms. The summed E-state index contributed by atoms with van der Waals surface area (Å²) in [6.07, 6.45) is 0. The summed E-state index contributed by atoms with van der Waals surface area (Å²) in [5.74, 6) is 2.10. The van der Waals surface area contributed by atoms with Crippen LogP contribution in [0.15, 0.2) is 6.58 Å². The van der Waals surface area contributed by atoms with Crippen molar-refractivity contribution in [3.63, 3.8) is 0 Å². The Hall–Kier alpha value is -1.44. The van der Waals surface area contributed by atoms with Gasteiger partial charge in [0, 0.05) is 11.1 Å². The molecule has 0 unspecified atom stereocenters. The highest BCUT2D eigenvalue weighted by Gasteiger charge is 2.30. The molecule has 1 aromatic carbocycles. The summed E-state index contributed by atoms with van der Waals surface area (Å²) in [4.78, 5) is 0. The van der Waals surface area contributed by atoms with Gasteiger partial charge < -0.3 is 9.84 Å². The molecule has 0 saturated heterocycles. The lowest BCUT2D eigenvalue weighted by atomic mass is 9.76. The molecule has 136 valence electrons. The molecule has 0 amide bonds. The van der Waals surface area contributed by atoms with Crippen LogP contribution in [0.1, 0.15) is 102 Å². The van der Waals surface area contributed by atoms with E-state index in [9.17, 15) is 5.11 Å². The summed E-state index contributed by atoms with van der Waals surface area (Å²) in [6.45, 7) is 24.2. The molecule has 0 heterocycles. The summed E-state index contributed by atoms with van der Waals surface area (Å²) in [6, 6.07) is 0. The van der Waals surface area contributed by atoms with Crippen molar-refractivity contribution in [3.05, 3.63) is 28.8 Å². The zero-order valence-corrected chi connectivity index (χ0v) is 17.1. The van der Waals surface area contributed by atoms with Crippen LogP contribution in [0.5, 0.6) is 11.5 Å². The third-order valence-electron chi connectivity index (χ3n) is 4.58. The van der Waals surface area contributed by atoms with Gasteiger partial charge in [0.15, 0.2) is 11.5 Å². The average Bonchev–Trinajstić information content (AvgIpc) is 2.46. The first-order valence-electron chi connectivity index (χ1n) is 9.30. The molecule has 0 fully saturated rings. The number of hydrogen-bond acceptors (Lipinski definition) is 2. The molecule has 0 radical (unpaired) electrons. The second kappa shape index (κ2) is 8.09. The van der Waals surface area contributed by atoms with Gasteiger partial charge in [-0.25, -0.2) is 0 Å². The van der Waals surface area contributed by atoms with Crippen LogP contribution in [0.25, 0.3) is 5.57 Å². The van der Waals surface area contributed by atoms with Crippen molar-refractivity contribution in [1.82, 2.24) is 0 Å². The topological polar surface area (TPSA) is 29.5 Å². The maximum absolute atomic E-state index is 11.0. The molecule has 0 saturated carbocycles. The Kier molecular flexibility index (Phi) is 6.95. The molecule has 0 aliphatic carbocycles. The van der Waals surface area contributed by atoms with Crippen molar-refractivity contribution in [1.29, 1.82) is 0 Å². The fourth-order valence-electron chi connectivity index (χ4n) is 3.43. The van der Waals surface area contributed by atoms with E-state index < -0.39 is 0 Å². The molecule has 0 aliphatic heterocycles. The first-order valence-corrected chi connectivity index (χ1v) is 9.30. The number of allylic oxidation sites excluding steroid dienone is 1. The molecular weight excluding hydrogens is 296 g/mol. The highest BCUT2D eigenvalue weighted by molar-refractivity contribution is 5.78. The van der Waals surface area contributed by atoms with Crippen molar-refractivity contribution < 1.29 is 9.84 Å². The van der Waals surface area contributed by atoms with E-state index in [1.807, 2.05) is 6.92 Å². The Morgan fingerprint density at radius 2 is 1.33 bits per heavy atom. The SMILES string of the molecule is C=C(c1c(C(C)C)c(OCC)c(O)c(C(C)C)c1C(C)C)C(C)C. The minimum atomic E-state index is 0.224. The highest BCUT2D eigenvalue weighted by atomic mass is 16.5. The maximum atomic E-state index is 11.0. The Morgan fingerprint density at radius 3 is 1.67 bits per heavy atom. The van der Waals surface area contributed by atoms with E-state index in [2.05, 4.69) is 62.0 Å². The molecule has 2 nitrogen and oxygen atoms in total. The van der Waals surface area contributed by atoms with Gasteiger partial charge in [-0.2, -0.15) is 0 Å². The number of phenols is 1. The molecule has 1 N–H and O–H groups in total. The van der Waals surface area contributed by atoms with Crippen molar-refractivity contribution in [2.24, 2.45) is 5.92 Å². The van der Waals surface area contributed by atoms with Crippen LogP contribution in [0.4, 0.5) is 0 Å². The van der Waals surface area contributed by atoms with E-state index in [1.165, 1.54) is 11.1 Å². The van der Waals surface area contributed by atoms with Gasteiger partial charge in [0.05, 0.1) is 6.61 Å². The zero-order chi connectivity index (χ0) is 18.8. The lowest BCUT2D eigenvalue weighted by Crippen LogP contribution is -2.13. The lowest BCUT2D eigenvalue weighted by molar-refractivity contribution is 0.310. The average molecular weight is 333 g/mol. The van der Waals surface area contributed by atoms with Crippen molar-refractivity contribution in [2.75, 3.05) is 6.61 Å². The quantitative estimate of drug-likeness (QED) is 0.593. The van der Waals surface area contributed by atoms with Gasteiger partial charge in [-0.3, -0.25) is 0 Å². The zero-order valence-electron chi connectivity index (χ0n) is 17.1. The number of phenolic OH excluding ortho intramolecular Hbond substituents is 1. The summed E-state index contributed by atoms with van der Waals surface area (Å²) >= 11 is 0. The third-order valence-corrected chi connectivity index (χ3v) is 4.58. The molecule has 0 aliphatic rings. The maximum Gasteiger partial charge on any atom is 0.165 e. The van der Waals surface area contributed by atoms with Gasteiger partial charge in [-0.15, -0.1) is 0 Å². The van der Waals surface area contributed by atoms with Gasteiger partial charge >= 0.3 is 0 Å². The monoisotopic (exact) mass is 332 g/mol. The Labute approximate surface area is 148 Å². The third kappa shape index (κ3) is 3.79. The van der Waals surface area contributed by atoms with Gasteiger partial charge in [-0.1, -0.05) is 62.0 Å². The summed E-state index contributed by atoms with van der Waals surface area (Å²) < 4.78 is 5.93. The minimum absolute atomic E-state index is 0.224. The van der Waals surface area contributed by atoms with E-state index in [0.29, 0.717) is 29.9 Å². The number of rotatable bonds is 7. The van der Waals surface area contributed by atoms with E-state index in [-0.39, 0.29) is 11.8 Å². The minimum Gasteiger partial charge on any atom is -0.504 e. The Morgan fingerprint density at radius 1 is 0.875 bits per heavy atom. The predicted octanol–water partition coefficient (Wildman–Crippen LogP) is 6.83. The van der Waals surface area contributed by atoms with Crippen molar-refractivity contribution >= 4 is 5.57 Å². The molecule has 0 atom stereocenters. The largest absolute Gasteiger partial charge is 0.504 e. The summed E-state index contributed by atoms with van der Waals surface area (Å²) in [5.41, 5.74) is 5.68. The smallest absolute Gasteiger partial charge is 0.165 e.